The zero-order valence-corrected chi connectivity index (χ0v) is 20.0. The monoisotopic (exact) mass is 472 g/mol. The van der Waals surface area contributed by atoms with E-state index in [0.717, 1.165) is 29.7 Å². The Balaban J connectivity index is 1.46. The van der Waals surface area contributed by atoms with Gasteiger partial charge in [0.1, 0.15) is 5.66 Å². The molecule has 1 unspecified atom stereocenters. The maximum Gasteiger partial charge on any atom is 0.253 e. The quantitative estimate of drug-likeness (QED) is 0.688. The van der Waals surface area contributed by atoms with Gasteiger partial charge in [-0.1, -0.05) is 0 Å². The molecule has 2 aromatic rings. The number of morpholine rings is 1. The number of nitrogens with zero attached hydrogens (tertiary/aromatic N) is 5. The smallest absolute Gasteiger partial charge is 0.253 e. The van der Waals surface area contributed by atoms with Gasteiger partial charge in [0.15, 0.2) is 0 Å². The summed E-state index contributed by atoms with van der Waals surface area (Å²) < 4.78 is 10.8. The van der Waals surface area contributed by atoms with E-state index in [1.807, 2.05) is 25.3 Å². The second-order valence-corrected chi connectivity index (χ2v) is 9.19. The van der Waals surface area contributed by atoms with Gasteiger partial charge in [-0.25, -0.2) is 4.98 Å². The molecule has 0 bridgehead atoms. The summed E-state index contributed by atoms with van der Waals surface area (Å²) in [4.78, 5) is 29.2. The van der Waals surface area contributed by atoms with Gasteiger partial charge in [0, 0.05) is 55.4 Å². The normalized spacial score (nSPS) is 23.5. The maximum atomic E-state index is 13.6. The van der Waals surface area contributed by atoms with Crippen LogP contribution in [-0.2, 0) is 10.2 Å². The first-order chi connectivity index (χ1) is 17.0. The minimum atomic E-state index is -0.828. The number of allylic oxidation sites excluding steroid dienone is 1. The van der Waals surface area contributed by atoms with Gasteiger partial charge in [0.05, 0.1) is 37.5 Å². The molecule has 5 rings (SSSR count). The molecule has 2 aliphatic heterocycles. The van der Waals surface area contributed by atoms with Crippen molar-refractivity contribution in [3.8, 4) is 11.9 Å². The van der Waals surface area contributed by atoms with Crippen molar-refractivity contribution in [2.24, 2.45) is 4.99 Å². The Hall–Kier alpha value is -3.61. The van der Waals surface area contributed by atoms with E-state index in [4.69, 9.17) is 14.5 Å². The lowest BCUT2D eigenvalue weighted by atomic mass is 9.90. The highest BCUT2D eigenvalue weighted by Crippen LogP contribution is 2.46. The van der Waals surface area contributed by atoms with Crippen molar-refractivity contribution in [1.29, 1.82) is 5.26 Å². The molecule has 1 N–H and O–H groups in total. The van der Waals surface area contributed by atoms with E-state index in [1.165, 1.54) is 0 Å². The number of aliphatic imine (C=N–C) groups is 1. The Bertz CT molecular complexity index is 1220. The van der Waals surface area contributed by atoms with Gasteiger partial charge in [-0.3, -0.25) is 19.7 Å². The van der Waals surface area contributed by atoms with Crippen LogP contribution in [-0.4, -0.2) is 66.1 Å². The molecule has 3 aliphatic rings. The van der Waals surface area contributed by atoms with E-state index < -0.39 is 11.1 Å². The first kappa shape index (κ1) is 23.1. The SMILES string of the molecule is COc1ccc(C2=C(C)N=CC(NC(=O)c3ccnc(C4(C#N)CC4)c3)(N3CCOCC3)C2)cn1. The zero-order valence-electron chi connectivity index (χ0n) is 20.0. The highest BCUT2D eigenvalue weighted by molar-refractivity contribution is 5.98. The van der Waals surface area contributed by atoms with Crippen LogP contribution in [0.3, 0.4) is 0 Å². The lowest BCUT2D eigenvalue weighted by Crippen LogP contribution is -2.65. The van der Waals surface area contributed by atoms with Crippen molar-refractivity contribution >= 4 is 17.7 Å². The molecule has 0 aromatic carbocycles. The molecule has 35 heavy (non-hydrogen) atoms. The molecular formula is C26H28N6O3. The van der Waals surface area contributed by atoms with Crippen molar-refractivity contribution < 1.29 is 14.3 Å². The summed E-state index contributed by atoms with van der Waals surface area (Å²) >= 11 is 0. The minimum Gasteiger partial charge on any atom is -0.481 e. The summed E-state index contributed by atoms with van der Waals surface area (Å²) in [7, 11) is 1.59. The fourth-order valence-corrected chi connectivity index (χ4v) is 4.68. The molecule has 180 valence electrons. The fourth-order valence-electron chi connectivity index (χ4n) is 4.68. The van der Waals surface area contributed by atoms with Gasteiger partial charge in [-0.05, 0) is 49.1 Å². The van der Waals surface area contributed by atoms with E-state index >= 15 is 0 Å². The van der Waals surface area contributed by atoms with Gasteiger partial charge < -0.3 is 14.8 Å². The van der Waals surface area contributed by atoms with Crippen LogP contribution in [0, 0.1) is 11.3 Å². The van der Waals surface area contributed by atoms with Crippen molar-refractivity contribution in [3.05, 3.63) is 59.2 Å². The van der Waals surface area contributed by atoms with Gasteiger partial charge in [0.25, 0.3) is 5.91 Å². The number of nitriles is 1. The first-order valence-corrected chi connectivity index (χ1v) is 11.8. The van der Waals surface area contributed by atoms with Gasteiger partial charge in [-0.2, -0.15) is 5.26 Å². The summed E-state index contributed by atoms with van der Waals surface area (Å²) in [6.07, 6.45) is 7.30. The number of nitrogens with one attached hydrogen (secondary N) is 1. The van der Waals surface area contributed by atoms with E-state index in [1.54, 1.807) is 31.6 Å². The summed E-state index contributed by atoms with van der Waals surface area (Å²) in [5.41, 5.74) is 2.58. The van der Waals surface area contributed by atoms with Gasteiger partial charge in [0.2, 0.25) is 5.88 Å². The predicted molar refractivity (Wildman–Crippen MR) is 130 cm³/mol. The molecule has 1 saturated heterocycles. The second-order valence-electron chi connectivity index (χ2n) is 9.19. The molecule has 4 heterocycles. The van der Waals surface area contributed by atoms with Crippen molar-refractivity contribution in [2.75, 3.05) is 33.4 Å². The molecule has 1 saturated carbocycles. The summed E-state index contributed by atoms with van der Waals surface area (Å²) in [6.45, 7) is 4.46. The number of carbonyl (C=O) groups is 1. The van der Waals surface area contributed by atoms with Crippen LogP contribution >= 0.6 is 0 Å². The number of aromatic nitrogens is 2. The summed E-state index contributed by atoms with van der Waals surface area (Å²) in [6, 6.07) is 9.57. The first-order valence-electron chi connectivity index (χ1n) is 11.8. The molecular weight excluding hydrogens is 444 g/mol. The Labute approximate surface area is 204 Å². The lowest BCUT2D eigenvalue weighted by molar-refractivity contribution is -0.00621. The fraction of sp³-hybridized carbons (Fsp3) is 0.423. The van der Waals surface area contributed by atoms with Gasteiger partial charge in [-0.15, -0.1) is 0 Å². The van der Waals surface area contributed by atoms with Crippen LogP contribution in [0.25, 0.3) is 5.57 Å². The molecule has 0 spiro atoms. The molecule has 1 atom stereocenters. The molecule has 2 aromatic heterocycles. The van der Waals surface area contributed by atoms with Crippen molar-refractivity contribution in [3.63, 3.8) is 0 Å². The van der Waals surface area contributed by atoms with Crippen LogP contribution in [0.1, 0.15) is 47.8 Å². The van der Waals surface area contributed by atoms with Crippen LogP contribution in [0.15, 0.2) is 47.3 Å². The Morgan fingerprint density at radius 2 is 2.03 bits per heavy atom. The summed E-state index contributed by atoms with van der Waals surface area (Å²) in [5.74, 6) is 0.311. The molecule has 2 fully saturated rings. The number of ether oxygens (including phenoxy) is 2. The third-order valence-corrected chi connectivity index (χ3v) is 7.03. The van der Waals surface area contributed by atoms with E-state index in [2.05, 4.69) is 26.3 Å². The Morgan fingerprint density at radius 1 is 1.23 bits per heavy atom. The van der Waals surface area contributed by atoms with E-state index in [-0.39, 0.29) is 5.91 Å². The molecule has 9 nitrogen and oxygen atoms in total. The standard InChI is InChI=1S/C26H28N6O3/c1-18-21(20-3-4-23(34-2)29-15-20)14-26(17-30-18,32-9-11-35-12-10-32)31-24(33)19-5-8-28-22(13-19)25(16-27)6-7-25/h3-5,8,13,15,17H,6-7,9-12,14H2,1-2H3,(H,31,33). The number of hydrogen-bond donors (Lipinski definition) is 1. The predicted octanol–water partition coefficient (Wildman–Crippen LogP) is 2.70. The Kier molecular flexibility index (Phi) is 6.09. The maximum absolute atomic E-state index is 13.6. The molecule has 0 radical (unpaired) electrons. The topological polar surface area (TPSA) is 113 Å². The molecule has 1 amide bonds. The number of amides is 1. The van der Waals surface area contributed by atoms with E-state index in [9.17, 15) is 10.1 Å². The van der Waals surface area contributed by atoms with Crippen LogP contribution in [0.2, 0.25) is 0 Å². The van der Waals surface area contributed by atoms with Crippen LogP contribution < -0.4 is 10.1 Å². The van der Waals surface area contributed by atoms with Crippen LogP contribution in [0.4, 0.5) is 0 Å². The number of methoxy groups -OCH3 is 1. The molecule has 9 heteroatoms. The number of rotatable bonds is 6. The third-order valence-electron chi connectivity index (χ3n) is 7.03. The van der Waals surface area contributed by atoms with E-state index in [0.29, 0.717) is 49.9 Å². The van der Waals surface area contributed by atoms with Crippen molar-refractivity contribution in [2.45, 2.75) is 37.3 Å². The largest absolute Gasteiger partial charge is 0.481 e. The highest BCUT2D eigenvalue weighted by atomic mass is 16.5. The number of hydrogen-bond acceptors (Lipinski definition) is 8. The highest BCUT2D eigenvalue weighted by Gasteiger charge is 2.47. The van der Waals surface area contributed by atoms with Crippen LogP contribution in [0.5, 0.6) is 5.88 Å². The average molecular weight is 473 g/mol. The zero-order chi connectivity index (χ0) is 24.5. The minimum absolute atomic E-state index is 0.230. The Morgan fingerprint density at radius 3 is 2.69 bits per heavy atom. The number of pyridine rings is 2. The van der Waals surface area contributed by atoms with Gasteiger partial charge >= 0.3 is 0 Å². The summed E-state index contributed by atoms with van der Waals surface area (Å²) in [5, 5.41) is 12.8. The second kappa shape index (κ2) is 9.21. The molecule has 1 aliphatic carbocycles. The van der Waals surface area contributed by atoms with Crippen molar-refractivity contribution in [1.82, 2.24) is 20.2 Å². The average Bonchev–Trinajstić information content (AvgIpc) is 3.72. The number of carbonyl (C=O) groups excluding carboxylic acids is 1. The lowest BCUT2D eigenvalue weighted by Gasteiger charge is -2.45. The third kappa shape index (κ3) is 4.43.